The third kappa shape index (κ3) is 19.0. The van der Waals surface area contributed by atoms with Crippen molar-refractivity contribution in [1.82, 2.24) is 18.3 Å². The Hall–Kier alpha value is -16.0. The number of carbonyl (C=O) groups is 9. The third-order valence-corrected chi connectivity index (χ3v) is 19.4. The molecule has 22 heteroatoms. The first-order valence-electron chi connectivity index (χ1n) is 37.8. The number of Topliss-reactive ketones (excluding diaryl/α,β-unsaturated/α-hetero) is 4. The lowest BCUT2D eigenvalue weighted by Crippen LogP contribution is -2.18. The van der Waals surface area contributed by atoms with Crippen molar-refractivity contribution < 1.29 is 62.5 Å². The number of hydrogen-bond acceptors (Lipinski definition) is 17. The van der Waals surface area contributed by atoms with Crippen molar-refractivity contribution >= 4 is 125 Å². The lowest BCUT2D eigenvalue weighted by atomic mass is 9.97. The molecule has 11 aromatic carbocycles. The highest BCUT2D eigenvalue weighted by Crippen LogP contribution is 2.32. The van der Waals surface area contributed by atoms with Crippen LogP contribution in [0.1, 0.15) is 130 Å². The quantitative estimate of drug-likeness (QED) is 0.0226. The second kappa shape index (κ2) is 38.0. The van der Waals surface area contributed by atoms with Crippen LogP contribution in [0.3, 0.4) is 0 Å². The molecule has 0 fully saturated rings. The molecule has 4 aromatic heterocycles. The van der Waals surface area contributed by atoms with Crippen molar-refractivity contribution in [1.29, 1.82) is 0 Å². The average molecular weight is 1590 g/mol. The van der Waals surface area contributed by atoms with E-state index in [-0.39, 0.29) is 51.8 Å². The second-order valence-corrected chi connectivity index (χ2v) is 27.7. The number of oxime groups is 4. The predicted octanol–water partition coefficient (Wildman–Crippen LogP) is 19.2. The molecule has 0 unspecified atom stereocenters. The zero-order valence-corrected chi connectivity index (χ0v) is 67.1. The van der Waals surface area contributed by atoms with E-state index in [1.54, 1.807) is 97.5 Å². The topological polar surface area (TPSA) is 264 Å². The van der Waals surface area contributed by atoms with Crippen LogP contribution in [-0.4, -0.2) is 93.9 Å². The maximum absolute atomic E-state index is 13.9. The molecular formula is C98H79N9O13. The zero-order valence-electron chi connectivity index (χ0n) is 67.1. The second-order valence-electron chi connectivity index (χ2n) is 27.7. The van der Waals surface area contributed by atoms with Crippen molar-refractivity contribution in [2.75, 3.05) is 0 Å². The number of aryl methyl sites for hydroxylation is 6. The average Bonchev–Trinajstić information content (AvgIpc) is 1.63. The summed E-state index contributed by atoms with van der Waals surface area (Å²) in [6.45, 7) is 19.7. The fourth-order valence-corrected chi connectivity index (χ4v) is 13.6. The van der Waals surface area contributed by atoms with Crippen molar-refractivity contribution in [3.05, 3.63) is 387 Å². The van der Waals surface area contributed by atoms with Gasteiger partial charge < -0.3 is 37.6 Å². The fraction of sp³-hybridized carbons (Fsp3) is 0.102. The summed E-state index contributed by atoms with van der Waals surface area (Å²) in [5.74, 6) is -3.78. The van der Waals surface area contributed by atoms with Gasteiger partial charge in [-0.25, -0.2) is 24.0 Å². The van der Waals surface area contributed by atoms with E-state index in [0.29, 0.717) is 66.7 Å². The highest BCUT2D eigenvalue weighted by Gasteiger charge is 2.29. The summed E-state index contributed by atoms with van der Waals surface area (Å²) in [5.41, 5.74) is 14.8. The molecule has 15 aromatic rings. The van der Waals surface area contributed by atoms with Crippen molar-refractivity contribution in [2.45, 2.75) is 55.4 Å². The molecule has 22 nitrogen and oxygen atoms in total. The number of para-hydroxylation sites is 4. The van der Waals surface area contributed by atoms with Gasteiger partial charge in [-0.1, -0.05) is 227 Å². The van der Waals surface area contributed by atoms with Crippen molar-refractivity contribution in [2.24, 2.45) is 34.7 Å². The molecule has 0 aliphatic heterocycles. The van der Waals surface area contributed by atoms with E-state index in [9.17, 15) is 43.2 Å². The summed E-state index contributed by atoms with van der Waals surface area (Å²) in [5, 5.41) is 18.6. The first-order chi connectivity index (χ1) is 57.9. The normalized spacial score (nSPS) is 11.4. The maximum Gasteiger partial charge on any atom is 0.332 e. The number of carbonyl (C=O) groups excluding carboxylic acids is 9. The zero-order chi connectivity index (χ0) is 85.3. The summed E-state index contributed by atoms with van der Waals surface area (Å²) in [4.78, 5) is 135. The van der Waals surface area contributed by atoms with Crippen LogP contribution in [-0.2, 0) is 52.6 Å². The lowest BCUT2D eigenvalue weighted by Gasteiger charge is -2.08. The molecule has 0 aliphatic carbocycles. The molecule has 0 amide bonds. The summed E-state index contributed by atoms with van der Waals surface area (Å²) < 4.78 is 7.59. The molecule has 120 heavy (non-hydrogen) atoms. The van der Waals surface area contributed by atoms with Crippen LogP contribution < -0.4 is 0 Å². The minimum Gasteiger partial charge on any atom is -0.350 e. The van der Waals surface area contributed by atoms with Crippen LogP contribution in [0.4, 0.5) is 5.69 Å². The highest BCUT2D eigenvalue weighted by atomic mass is 16.7. The number of benzene rings is 11. The van der Waals surface area contributed by atoms with E-state index in [2.05, 4.69) is 25.5 Å². The van der Waals surface area contributed by atoms with Gasteiger partial charge in [0.05, 0.1) is 28.7 Å². The number of hydrogen-bond donors (Lipinski definition) is 0. The molecule has 594 valence electrons. The number of ketones is 5. The van der Waals surface area contributed by atoms with Gasteiger partial charge in [0.25, 0.3) is 0 Å². The Morgan fingerprint density at radius 2 is 0.575 bits per heavy atom. The monoisotopic (exact) mass is 1590 g/mol. The first kappa shape index (κ1) is 83.4. The molecule has 0 aliphatic rings. The summed E-state index contributed by atoms with van der Waals surface area (Å²) in [6.07, 6.45) is 7.03. The van der Waals surface area contributed by atoms with Crippen LogP contribution in [0.15, 0.2) is 318 Å². The highest BCUT2D eigenvalue weighted by molar-refractivity contribution is 6.55. The van der Waals surface area contributed by atoms with Gasteiger partial charge in [0, 0.05) is 155 Å². The fourth-order valence-electron chi connectivity index (χ4n) is 13.6. The van der Waals surface area contributed by atoms with Crippen LogP contribution in [0.5, 0.6) is 0 Å². The van der Waals surface area contributed by atoms with E-state index in [4.69, 9.17) is 25.9 Å². The van der Waals surface area contributed by atoms with E-state index >= 15 is 0 Å². The molecule has 15 rings (SSSR count). The van der Waals surface area contributed by atoms with E-state index in [0.717, 1.165) is 71.9 Å². The van der Waals surface area contributed by atoms with Gasteiger partial charge in [-0.3, -0.25) is 24.0 Å². The number of nitrogens with zero attached hydrogens (tertiary/aromatic N) is 9. The van der Waals surface area contributed by atoms with Crippen LogP contribution >= 0.6 is 0 Å². The minimum atomic E-state index is -0.614. The van der Waals surface area contributed by atoms with Gasteiger partial charge in [0.2, 0.25) is 23.1 Å². The van der Waals surface area contributed by atoms with Crippen molar-refractivity contribution in [3.63, 3.8) is 0 Å². The third-order valence-electron chi connectivity index (χ3n) is 19.4. The summed E-state index contributed by atoms with van der Waals surface area (Å²) in [6, 6.07) is 83.6. The van der Waals surface area contributed by atoms with Crippen LogP contribution in [0.25, 0.3) is 59.8 Å². The molecule has 0 saturated carbocycles. The Bertz CT molecular complexity index is 6690. The van der Waals surface area contributed by atoms with Crippen LogP contribution in [0, 0.1) is 34.3 Å². The SMILES string of the molecule is CC(=O)O/N=C(/C(=O)c1cn(-c2ccc(C(=O)c3ccccc3)cc2)c2ccccc12)c1ccccc1C.CC(=O)O/N=C(/C(=O)c1cn(-c2ccccc2)c2ccccc12)c1ccccc1C.CC(=O)O/N=C(/C(=O)c1cn(C)c2ccccc12)c1ccccc1C.[C-]#[N+]c1ccc2c(c1)c(C(=O)/C(=N/OC(C)=O)c1ccccc1C)cn2C. The molecule has 0 N–H and O–H groups in total. The van der Waals surface area contributed by atoms with E-state index < -0.39 is 23.9 Å². The van der Waals surface area contributed by atoms with Gasteiger partial charge >= 0.3 is 23.9 Å². The van der Waals surface area contributed by atoms with Crippen LogP contribution in [0.2, 0.25) is 0 Å². The molecule has 4 heterocycles. The number of rotatable bonds is 20. The molecule has 0 radical (unpaired) electrons. The molecular weight excluding hydrogens is 1510 g/mol. The Balaban J connectivity index is 0.000000149. The van der Waals surface area contributed by atoms with E-state index in [1.807, 2.05) is 260 Å². The summed E-state index contributed by atoms with van der Waals surface area (Å²) in [7, 11) is 3.71. The molecule has 0 bridgehead atoms. The van der Waals surface area contributed by atoms with Gasteiger partial charge in [0.15, 0.2) is 34.3 Å². The number of fused-ring (bicyclic) bond motifs is 4. The predicted molar refractivity (Wildman–Crippen MR) is 464 cm³/mol. The standard InChI is InChI=1S/C32H24N2O4.C25H20N2O3.C21H17N3O3.C20H18N2O3/c1-21-10-6-7-13-26(21)30(33-38-22(2)35)32(37)28-20-34(29-15-9-8-14-27(28)29)25-18-16-24(17-19-25)31(36)23-11-4-3-5-12-23;1-17-10-6-7-13-20(17)24(26-30-18(2)28)25(29)22-16-27(19-11-4-3-5-12-19)23-15-9-8-14-21(22)23;1-13-7-5-6-8-16(13)20(23-27-14(2)25)21(26)18-12-24(4)19-10-9-15(22-3)11-17(18)19;1-13-8-4-5-9-15(13)19(21-25-14(2)23)20(24)17-12-22(3)18-11-7-6-10-16(17)18/h3-20H,1-2H3;3-16H,1-2H3;5-12H,1-2,4H3;4-12H,1-3H3/b33-30+;26-24+;23-20+;21-19+. The Morgan fingerprint density at radius 3 is 0.933 bits per heavy atom. The van der Waals surface area contributed by atoms with Crippen molar-refractivity contribution in [3.8, 4) is 11.4 Å². The Morgan fingerprint density at radius 1 is 0.292 bits per heavy atom. The largest absolute Gasteiger partial charge is 0.350 e. The van der Waals surface area contributed by atoms with Gasteiger partial charge in [-0.05, 0) is 117 Å². The summed E-state index contributed by atoms with van der Waals surface area (Å²) >= 11 is 0. The molecule has 0 atom stereocenters. The first-order valence-corrected chi connectivity index (χ1v) is 37.8. The lowest BCUT2D eigenvalue weighted by molar-refractivity contribution is -0.141. The molecule has 0 spiro atoms. The van der Waals surface area contributed by atoms with Gasteiger partial charge in [-0.2, -0.15) is 0 Å². The van der Waals surface area contributed by atoms with E-state index in [1.165, 1.54) is 27.7 Å². The van der Waals surface area contributed by atoms with Gasteiger partial charge in [0.1, 0.15) is 0 Å². The Kier molecular flexibility index (Phi) is 26.4. The smallest absolute Gasteiger partial charge is 0.332 e. The number of aromatic nitrogens is 4. The Labute approximate surface area is 690 Å². The molecule has 0 saturated heterocycles. The van der Waals surface area contributed by atoms with Gasteiger partial charge in [-0.15, -0.1) is 0 Å². The maximum atomic E-state index is 13.9. The minimum absolute atomic E-state index is 0.0454.